The molecule has 0 saturated carbocycles. The quantitative estimate of drug-likeness (QED) is 0.552. The van der Waals surface area contributed by atoms with Crippen LogP contribution in [0.4, 0.5) is 4.79 Å². The molecule has 0 bridgehead atoms. The minimum Gasteiger partial charge on any atom is -0.542 e. The van der Waals surface area contributed by atoms with E-state index < -0.39 is 17.7 Å². The van der Waals surface area contributed by atoms with Crippen LogP contribution in [-0.4, -0.2) is 32.5 Å². The molecule has 0 aromatic carbocycles. The molecule has 0 unspecified atom stereocenters. The van der Waals surface area contributed by atoms with Crippen molar-refractivity contribution in [2.45, 2.75) is 39.5 Å². The van der Waals surface area contributed by atoms with Gasteiger partial charge in [-0.05, 0) is 20.8 Å². The number of carbonyl (C=O) groups excluding carboxylic acids is 2. The Morgan fingerprint density at radius 1 is 1.37 bits per heavy atom. The third-order valence-electron chi connectivity index (χ3n) is 2.40. The number of rotatable bonds is 1. The van der Waals surface area contributed by atoms with E-state index in [0.717, 1.165) is 0 Å². The van der Waals surface area contributed by atoms with Crippen molar-refractivity contribution in [3.05, 3.63) is 17.2 Å². The van der Waals surface area contributed by atoms with E-state index >= 15 is 0 Å². The molecule has 7 nitrogen and oxygen atoms in total. The van der Waals surface area contributed by atoms with Crippen molar-refractivity contribution < 1.29 is 49.0 Å². The molecule has 2 heterocycles. The van der Waals surface area contributed by atoms with Crippen molar-refractivity contribution in [2.24, 2.45) is 0 Å². The van der Waals surface area contributed by atoms with Gasteiger partial charge in [-0.25, -0.2) is 9.78 Å². The molecule has 0 fully saturated rings. The number of carbonyl (C=O) groups is 2. The van der Waals surface area contributed by atoms with E-state index in [9.17, 15) is 14.7 Å². The molecule has 98 valence electrons. The molecule has 19 heavy (non-hydrogen) atoms. The number of hydrogen-bond donors (Lipinski definition) is 1. The number of nitrogens with one attached hydrogen (secondary N) is 1. The number of H-pyrrole nitrogens is 1. The summed E-state index contributed by atoms with van der Waals surface area (Å²) >= 11 is 0. The molecular formula is C11H14N3NaO4. The van der Waals surface area contributed by atoms with Gasteiger partial charge < -0.3 is 19.6 Å². The largest absolute Gasteiger partial charge is 1.00 e. The second-order valence-electron chi connectivity index (χ2n) is 5.13. The normalized spacial score (nSPS) is 13.7. The van der Waals surface area contributed by atoms with Gasteiger partial charge in [0.1, 0.15) is 11.6 Å². The first-order chi connectivity index (χ1) is 8.26. The third-order valence-corrected chi connectivity index (χ3v) is 2.40. The topological polar surface area (TPSA) is 98.3 Å². The van der Waals surface area contributed by atoms with Crippen molar-refractivity contribution in [3.63, 3.8) is 0 Å². The fraction of sp³-hybridized carbons (Fsp3) is 0.545. The van der Waals surface area contributed by atoms with Gasteiger partial charge in [-0.15, -0.1) is 0 Å². The molecule has 1 aromatic heterocycles. The van der Waals surface area contributed by atoms with Crippen LogP contribution in [0.15, 0.2) is 0 Å². The maximum Gasteiger partial charge on any atom is 1.00 e. The van der Waals surface area contributed by atoms with Gasteiger partial charge in [-0.1, -0.05) is 0 Å². The van der Waals surface area contributed by atoms with Crippen LogP contribution >= 0.6 is 0 Å². The van der Waals surface area contributed by atoms with Crippen LogP contribution in [0.3, 0.4) is 0 Å². The summed E-state index contributed by atoms with van der Waals surface area (Å²) in [6.45, 7) is 5.87. The number of hydrogen-bond acceptors (Lipinski definition) is 5. The van der Waals surface area contributed by atoms with E-state index in [-0.39, 0.29) is 48.5 Å². The van der Waals surface area contributed by atoms with E-state index in [1.165, 1.54) is 4.90 Å². The van der Waals surface area contributed by atoms with Crippen molar-refractivity contribution in [1.82, 2.24) is 14.9 Å². The Morgan fingerprint density at radius 3 is 2.47 bits per heavy atom. The summed E-state index contributed by atoms with van der Waals surface area (Å²) in [5, 5.41) is 10.6. The van der Waals surface area contributed by atoms with Crippen LogP contribution in [0.2, 0.25) is 0 Å². The number of fused-ring (bicyclic) bond motifs is 1. The molecule has 0 spiro atoms. The zero-order chi connectivity index (χ0) is 13.5. The molecule has 0 atom stereocenters. The minimum atomic E-state index is -1.35. The molecule has 1 amide bonds. The molecule has 1 N–H and O–H groups in total. The Labute approximate surface area is 132 Å². The van der Waals surface area contributed by atoms with E-state index in [2.05, 4.69) is 9.97 Å². The van der Waals surface area contributed by atoms with Crippen molar-refractivity contribution in [1.29, 1.82) is 0 Å². The SMILES string of the molecule is CC(C)(C)OC(=O)N1Cc2nc(C(=O)[O-])[nH]c2C1.[Na+]. The van der Waals surface area contributed by atoms with Gasteiger partial charge in [-0.2, -0.15) is 0 Å². The number of nitrogens with zero attached hydrogens (tertiary/aromatic N) is 2. The van der Waals surface area contributed by atoms with Gasteiger partial charge in [0.05, 0.1) is 24.5 Å². The maximum atomic E-state index is 11.8. The smallest absolute Gasteiger partial charge is 0.542 e. The van der Waals surface area contributed by atoms with E-state index in [4.69, 9.17) is 4.74 Å². The van der Waals surface area contributed by atoms with Crippen molar-refractivity contribution in [3.8, 4) is 0 Å². The van der Waals surface area contributed by atoms with Crippen molar-refractivity contribution in [2.75, 3.05) is 0 Å². The Kier molecular flexibility index (Phi) is 4.65. The van der Waals surface area contributed by atoms with Crippen molar-refractivity contribution >= 4 is 12.1 Å². The Bertz CT molecular complexity index is 483. The fourth-order valence-electron chi connectivity index (χ4n) is 1.69. The number of amides is 1. The molecule has 1 aromatic rings. The number of carboxylic acids is 1. The molecule has 1 aliphatic heterocycles. The number of imidazole rings is 1. The summed E-state index contributed by atoms with van der Waals surface area (Å²) in [6, 6.07) is 0. The summed E-state index contributed by atoms with van der Waals surface area (Å²) in [6.07, 6.45) is -0.441. The van der Waals surface area contributed by atoms with E-state index in [0.29, 0.717) is 11.4 Å². The summed E-state index contributed by atoms with van der Waals surface area (Å²) < 4.78 is 5.22. The second-order valence-corrected chi connectivity index (χ2v) is 5.13. The number of carboxylic acid groups (broad SMARTS) is 1. The van der Waals surface area contributed by atoms with Crippen LogP contribution in [0, 0.1) is 0 Å². The average Bonchev–Trinajstić information content (AvgIpc) is 2.69. The minimum absolute atomic E-state index is 0. The Balaban J connectivity index is 0.00000180. The predicted octanol–water partition coefficient (Wildman–Crippen LogP) is -2.97. The summed E-state index contributed by atoms with van der Waals surface area (Å²) in [5.41, 5.74) is 0.594. The van der Waals surface area contributed by atoms with Gasteiger partial charge in [0.25, 0.3) is 0 Å². The first kappa shape index (κ1) is 16.0. The van der Waals surface area contributed by atoms with Gasteiger partial charge in [0.15, 0.2) is 5.82 Å². The zero-order valence-electron chi connectivity index (χ0n) is 11.4. The Hall–Kier alpha value is -1.05. The molecule has 0 aliphatic carbocycles. The van der Waals surface area contributed by atoms with E-state index in [1.807, 2.05) is 0 Å². The summed E-state index contributed by atoms with van der Waals surface area (Å²) in [4.78, 5) is 30.3. The molecular weight excluding hydrogens is 261 g/mol. The number of aromatic carboxylic acids is 1. The standard InChI is InChI=1S/C11H15N3O4.Na/c1-11(2,3)18-10(17)14-4-6-7(5-14)13-8(12-6)9(15)16;/h4-5H2,1-3H3,(H,12,13)(H,15,16);/q;+1/p-1. The predicted molar refractivity (Wildman–Crippen MR) is 58.4 cm³/mol. The fourth-order valence-corrected chi connectivity index (χ4v) is 1.69. The van der Waals surface area contributed by atoms with Gasteiger partial charge in [0, 0.05) is 0 Å². The van der Waals surface area contributed by atoms with Gasteiger partial charge >= 0.3 is 35.7 Å². The maximum absolute atomic E-state index is 11.8. The van der Waals surface area contributed by atoms with Crippen LogP contribution in [0.5, 0.6) is 0 Å². The Morgan fingerprint density at radius 2 is 2.00 bits per heavy atom. The monoisotopic (exact) mass is 275 g/mol. The second kappa shape index (κ2) is 5.52. The summed E-state index contributed by atoms with van der Waals surface area (Å²) in [5.74, 6) is -1.56. The van der Waals surface area contributed by atoms with Gasteiger partial charge in [-0.3, -0.25) is 4.90 Å². The average molecular weight is 275 g/mol. The molecule has 2 rings (SSSR count). The molecule has 8 heteroatoms. The van der Waals surface area contributed by atoms with Gasteiger partial charge in [0.2, 0.25) is 0 Å². The van der Waals surface area contributed by atoms with Crippen LogP contribution in [-0.2, 0) is 17.8 Å². The zero-order valence-corrected chi connectivity index (χ0v) is 13.4. The van der Waals surface area contributed by atoms with Crippen LogP contribution in [0.25, 0.3) is 0 Å². The van der Waals surface area contributed by atoms with Crippen LogP contribution < -0.4 is 34.7 Å². The number of aromatic amines is 1. The number of aromatic nitrogens is 2. The molecule has 0 saturated heterocycles. The van der Waals surface area contributed by atoms with E-state index in [1.54, 1.807) is 20.8 Å². The van der Waals surface area contributed by atoms with Crippen LogP contribution in [0.1, 0.15) is 42.8 Å². The first-order valence-corrected chi connectivity index (χ1v) is 5.53. The first-order valence-electron chi connectivity index (χ1n) is 5.53. The molecule has 1 aliphatic rings. The number of ether oxygens (including phenoxy) is 1. The summed E-state index contributed by atoms with van der Waals surface area (Å²) in [7, 11) is 0. The third kappa shape index (κ3) is 3.71. The molecule has 0 radical (unpaired) electrons.